The van der Waals surface area contributed by atoms with Crippen LogP contribution in [-0.4, -0.2) is 19.8 Å². The molecule has 0 aromatic heterocycles. The van der Waals surface area contributed by atoms with Crippen LogP contribution in [0.4, 0.5) is 0 Å². The minimum Gasteiger partial charge on any atom is -0.489 e. The number of rotatable bonds is 12. The van der Waals surface area contributed by atoms with Crippen molar-refractivity contribution in [2.24, 2.45) is 0 Å². The average molecular weight is 516 g/mol. The van der Waals surface area contributed by atoms with Crippen LogP contribution < -0.4 is 14.2 Å². The van der Waals surface area contributed by atoms with E-state index < -0.39 is 0 Å². The molecular formula is C33H39O3S+. The lowest BCUT2D eigenvalue weighted by Gasteiger charge is -2.18. The third kappa shape index (κ3) is 6.50. The molecule has 0 N–H and O–H groups in total. The van der Waals surface area contributed by atoms with Crippen molar-refractivity contribution in [2.75, 3.05) is 19.8 Å². The minimum atomic E-state index is -0.345. The Balaban J connectivity index is 2.22. The Kier molecular flexibility index (Phi) is 9.71. The summed E-state index contributed by atoms with van der Waals surface area (Å²) in [6.07, 6.45) is 5.33. The zero-order valence-electron chi connectivity index (χ0n) is 23.1. The van der Waals surface area contributed by atoms with E-state index in [1.54, 1.807) is 18.2 Å². The summed E-state index contributed by atoms with van der Waals surface area (Å²) in [5.74, 6) is 2.77. The maximum Gasteiger partial charge on any atom is 0.167 e. The highest BCUT2D eigenvalue weighted by Gasteiger charge is 2.32. The molecule has 0 heterocycles. The molecule has 37 heavy (non-hydrogen) atoms. The molecule has 0 fully saturated rings. The lowest BCUT2D eigenvalue weighted by Crippen LogP contribution is -2.10. The Hall–Kier alpha value is -3.37. The maximum atomic E-state index is 5.98. The molecule has 0 saturated heterocycles. The van der Waals surface area contributed by atoms with Gasteiger partial charge in [-0.15, -0.1) is 0 Å². The van der Waals surface area contributed by atoms with Gasteiger partial charge in [-0.1, -0.05) is 38.0 Å². The second-order valence-corrected chi connectivity index (χ2v) is 11.3. The molecule has 3 aromatic carbocycles. The van der Waals surface area contributed by atoms with Crippen LogP contribution in [0.5, 0.6) is 17.2 Å². The summed E-state index contributed by atoms with van der Waals surface area (Å²) in [7, 11) is -0.345. The van der Waals surface area contributed by atoms with Crippen molar-refractivity contribution in [1.82, 2.24) is 0 Å². The van der Waals surface area contributed by atoms with Crippen LogP contribution in [0.25, 0.3) is 0 Å². The first kappa shape index (κ1) is 28.2. The van der Waals surface area contributed by atoms with Gasteiger partial charge in [-0.05, 0) is 74.9 Å². The predicted octanol–water partition coefficient (Wildman–Crippen LogP) is 8.33. The number of hydrogen-bond acceptors (Lipinski definition) is 3. The topological polar surface area (TPSA) is 27.7 Å². The quantitative estimate of drug-likeness (QED) is 0.179. The fourth-order valence-corrected chi connectivity index (χ4v) is 7.19. The molecule has 194 valence electrons. The van der Waals surface area contributed by atoms with Crippen molar-refractivity contribution in [3.63, 3.8) is 0 Å². The Morgan fingerprint density at radius 1 is 0.486 bits per heavy atom. The monoisotopic (exact) mass is 515 g/mol. The third-order valence-corrected chi connectivity index (χ3v) is 8.17. The van der Waals surface area contributed by atoms with E-state index in [-0.39, 0.29) is 10.9 Å². The second kappa shape index (κ2) is 12.7. The molecule has 3 aromatic rings. The molecule has 0 radical (unpaired) electrons. The van der Waals surface area contributed by atoms with Crippen molar-refractivity contribution in [3.8, 4) is 17.2 Å². The van der Waals surface area contributed by atoms with Crippen molar-refractivity contribution < 1.29 is 14.2 Å². The van der Waals surface area contributed by atoms with Crippen molar-refractivity contribution >= 4 is 10.9 Å². The van der Waals surface area contributed by atoms with Crippen LogP contribution in [0.3, 0.4) is 0 Å². The number of ether oxygens (including phenoxy) is 3. The largest absolute Gasteiger partial charge is 0.489 e. The summed E-state index contributed by atoms with van der Waals surface area (Å²) in [5, 5.41) is 0. The van der Waals surface area contributed by atoms with E-state index in [4.69, 9.17) is 14.2 Å². The summed E-state index contributed by atoms with van der Waals surface area (Å²) in [4.78, 5) is 3.74. The minimum absolute atomic E-state index is 0.345. The molecule has 0 spiro atoms. The number of hydrogen-bond donors (Lipinski definition) is 0. The molecule has 4 heteroatoms. The lowest BCUT2D eigenvalue weighted by atomic mass is 10.1. The van der Waals surface area contributed by atoms with Crippen molar-refractivity contribution in [2.45, 2.75) is 56.2 Å². The van der Waals surface area contributed by atoms with Crippen LogP contribution in [0, 0.1) is 41.5 Å². The molecule has 0 amide bonds. The highest BCUT2D eigenvalue weighted by atomic mass is 32.2. The lowest BCUT2D eigenvalue weighted by molar-refractivity contribution is 0.357. The van der Waals surface area contributed by atoms with E-state index in [1.807, 2.05) is 0 Å². The van der Waals surface area contributed by atoms with Gasteiger partial charge in [0.15, 0.2) is 14.7 Å². The Morgan fingerprint density at radius 3 is 0.892 bits per heavy atom. The standard InChI is InChI=1S/C33H39O3S/c1-10-13-34-31-22(4)16-28(17-23(31)5)37(29-18-24(6)32(25(7)19-29)35-14-11-2)30-20-26(8)33(27(9)21-30)36-15-12-3/h10-12,16-21H,1-3,13-15H2,4-9H3/q+1. The van der Waals surface area contributed by atoms with Gasteiger partial charge in [0.25, 0.3) is 0 Å². The van der Waals surface area contributed by atoms with Crippen LogP contribution >= 0.6 is 0 Å². The van der Waals surface area contributed by atoms with Gasteiger partial charge in [-0.25, -0.2) is 0 Å². The van der Waals surface area contributed by atoms with Gasteiger partial charge >= 0.3 is 0 Å². The molecule has 0 aliphatic rings. The second-order valence-electron chi connectivity index (χ2n) is 9.26. The zero-order chi connectivity index (χ0) is 27.1. The smallest absolute Gasteiger partial charge is 0.167 e. The average Bonchev–Trinajstić information content (AvgIpc) is 2.83. The summed E-state index contributed by atoms with van der Waals surface area (Å²) in [5.41, 5.74) is 6.71. The van der Waals surface area contributed by atoms with E-state index in [9.17, 15) is 0 Å². The number of aryl methyl sites for hydroxylation is 6. The summed E-state index contributed by atoms with van der Waals surface area (Å²) < 4.78 is 17.9. The van der Waals surface area contributed by atoms with Crippen LogP contribution in [0.15, 0.2) is 89.0 Å². The first-order chi connectivity index (χ1) is 17.7. The zero-order valence-corrected chi connectivity index (χ0v) is 23.9. The molecule has 0 unspecified atom stereocenters. The SMILES string of the molecule is C=CCOc1c(C)cc([S+](c2cc(C)c(OCC=C)c(C)c2)c2cc(C)c(OCC=C)c(C)c2)cc1C. The summed E-state index contributed by atoms with van der Waals surface area (Å²) >= 11 is 0. The Bertz CT molecular complexity index is 1080. The number of benzene rings is 3. The Labute approximate surface area is 225 Å². The molecule has 0 aliphatic carbocycles. The van der Waals surface area contributed by atoms with E-state index >= 15 is 0 Å². The molecule has 0 atom stereocenters. The summed E-state index contributed by atoms with van der Waals surface area (Å²) in [6, 6.07) is 13.5. The highest BCUT2D eigenvalue weighted by Crippen LogP contribution is 2.40. The van der Waals surface area contributed by atoms with Gasteiger partial charge in [-0.2, -0.15) is 0 Å². The maximum absolute atomic E-state index is 5.98. The van der Waals surface area contributed by atoms with Crippen LogP contribution in [0.1, 0.15) is 33.4 Å². The van der Waals surface area contributed by atoms with Crippen molar-refractivity contribution in [1.29, 1.82) is 0 Å². The van der Waals surface area contributed by atoms with Crippen molar-refractivity contribution in [3.05, 3.63) is 108 Å². The highest BCUT2D eigenvalue weighted by molar-refractivity contribution is 7.97. The molecular weight excluding hydrogens is 476 g/mol. The van der Waals surface area contributed by atoms with E-state index in [0.717, 1.165) is 50.6 Å². The third-order valence-electron chi connectivity index (χ3n) is 6.05. The predicted molar refractivity (Wildman–Crippen MR) is 157 cm³/mol. The van der Waals surface area contributed by atoms with Gasteiger partial charge < -0.3 is 14.2 Å². The molecule has 0 aliphatic heterocycles. The van der Waals surface area contributed by atoms with E-state index in [0.29, 0.717) is 19.8 Å². The molecule has 3 rings (SSSR count). The van der Waals surface area contributed by atoms with E-state index in [2.05, 4.69) is 97.7 Å². The van der Waals surface area contributed by atoms with Gasteiger partial charge in [-0.3, -0.25) is 0 Å². The first-order valence-corrected chi connectivity index (χ1v) is 13.7. The van der Waals surface area contributed by atoms with Gasteiger partial charge in [0.1, 0.15) is 37.1 Å². The van der Waals surface area contributed by atoms with Gasteiger partial charge in [0.2, 0.25) is 0 Å². The van der Waals surface area contributed by atoms with Crippen LogP contribution in [-0.2, 0) is 10.9 Å². The normalized spacial score (nSPS) is 10.8. The van der Waals surface area contributed by atoms with Gasteiger partial charge in [0.05, 0.1) is 10.9 Å². The fourth-order valence-electron chi connectivity index (χ4n) is 4.60. The Morgan fingerprint density at radius 2 is 0.703 bits per heavy atom. The molecule has 3 nitrogen and oxygen atoms in total. The van der Waals surface area contributed by atoms with E-state index in [1.165, 1.54) is 14.7 Å². The van der Waals surface area contributed by atoms with Crippen LogP contribution in [0.2, 0.25) is 0 Å². The molecule has 0 saturated carbocycles. The van der Waals surface area contributed by atoms with Gasteiger partial charge in [0, 0.05) is 36.4 Å². The summed E-state index contributed by atoms with van der Waals surface area (Å²) in [6.45, 7) is 25.5. The fraction of sp³-hybridized carbons (Fsp3) is 0.273. The molecule has 0 bridgehead atoms. The first-order valence-electron chi connectivity index (χ1n) is 12.5.